The molecular weight excluding hydrogens is 632 g/mol. The first-order valence-electron chi connectivity index (χ1n) is 15.1. The van der Waals surface area contributed by atoms with E-state index < -0.39 is 79.4 Å². The van der Waals surface area contributed by atoms with E-state index in [4.69, 9.17) is 4.74 Å². The summed E-state index contributed by atoms with van der Waals surface area (Å²) in [4.78, 5) is 82.7. The highest BCUT2D eigenvalue weighted by Gasteiger charge is 2.62. The zero-order valence-electron chi connectivity index (χ0n) is 26.0. The summed E-state index contributed by atoms with van der Waals surface area (Å²) in [5, 5.41) is 37.3. The van der Waals surface area contributed by atoms with Gasteiger partial charge in [-0.05, 0) is 60.7 Å². The first kappa shape index (κ1) is 31.1. The van der Waals surface area contributed by atoms with Gasteiger partial charge in [-0.15, -0.1) is 0 Å². The normalized spacial score (nSPS) is 18.0. The Morgan fingerprint density at radius 2 is 1.55 bits per heavy atom. The summed E-state index contributed by atoms with van der Waals surface area (Å²) < 4.78 is 4.96. The molecule has 244 valence electrons. The number of H-pyrrole nitrogens is 1. The van der Waals surface area contributed by atoms with E-state index in [0.29, 0.717) is 39.9 Å². The number of ether oxygens (including phenoxy) is 1. The molecule has 12 heteroatoms. The average Bonchev–Trinajstić information content (AvgIpc) is 3.58. The van der Waals surface area contributed by atoms with Gasteiger partial charge in [0.2, 0.25) is 12.2 Å². The third kappa shape index (κ3) is 4.10. The molecule has 7 rings (SSSR count). The van der Waals surface area contributed by atoms with Gasteiger partial charge in [-0.3, -0.25) is 28.8 Å². The van der Waals surface area contributed by atoms with Crippen molar-refractivity contribution in [1.82, 2.24) is 4.98 Å². The quantitative estimate of drug-likeness (QED) is 0.0841. The Hall–Kier alpha value is -6.56. The van der Waals surface area contributed by atoms with Crippen LogP contribution < -0.4 is 10.9 Å². The maximum Gasteiger partial charge on any atom is 0.260 e. The summed E-state index contributed by atoms with van der Waals surface area (Å²) in [6.07, 6.45) is 8.07. The number of fused-ring (bicyclic) bond motifs is 5. The van der Waals surface area contributed by atoms with Crippen molar-refractivity contribution >= 4 is 52.1 Å². The van der Waals surface area contributed by atoms with Crippen LogP contribution in [0.3, 0.4) is 0 Å². The monoisotopic (exact) mass is 658 g/mol. The van der Waals surface area contributed by atoms with Gasteiger partial charge in [0.15, 0.2) is 23.1 Å². The number of hydrogen-bond acceptors (Lipinski definition) is 10. The molecule has 0 bridgehead atoms. The minimum Gasteiger partial charge on any atom is -0.507 e. The molecule has 0 saturated carbocycles. The molecule has 1 spiro atoms. The fourth-order valence-corrected chi connectivity index (χ4v) is 7.35. The Kier molecular flexibility index (Phi) is 6.98. The van der Waals surface area contributed by atoms with Crippen LogP contribution in [0, 0.1) is 0 Å². The van der Waals surface area contributed by atoms with Gasteiger partial charge < -0.3 is 30.4 Å². The van der Waals surface area contributed by atoms with Crippen molar-refractivity contribution in [1.29, 1.82) is 0 Å². The van der Waals surface area contributed by atoms with Crippen molar-refractivity contribution in [3.8, 4) is 28.4 Å². The molecule has 1 heterocycles. The Balaban J connectivity index is 1.54. The lowest BCUT2D eigenvalue weighted by Gasteiger charge is -2.24. The zero-order valence-corrected chi connectivity index (χ0v) is 26.0. The van der Waals surface area contributed by atoms with Crippen molar-refractivity contribution < 1.29 is 44.0 Å². The first-order chi connectivity index (χ1) is 23.5. The second-order valence-corrected chi connectivity index (χ2v) is 11.8. The third-order valence-electron chi connectivity index (χ3n) is 9.41. The number of amides is 1. The highest BCUT2D eigenvalue weighted by molar-refractivity contribution is 6.39. The van der Waals surface area contributed by atoms with E-state index in [0.717, 1.165) is 13.2 Å². The Morgan fingerprint density at radius 1 is 0.878 bits per heavy atom. The van der Waals surface area contributed by atoms with Crippen LogP contribution in [0.4, 0.5) is 5.69 Å². The van der Waals surface area contributed by atoms with Crippen LogP contribution in [0.1, 0.15) is 71.6 Å². The Labute approximate surface area is 276 Å². The summed E-state index contributed by atoms with van der Waals surface area (Å²) in [5.74, 6) is -6.91. The number of pyridine rings is 1. The third-order valence-corrected chi connectivity index (χ3v) is 9.41. The second kappa shape index (κ2) is 11.0. The van der Waals surface area contributed by atoms with Crippen LogP contribution in [0.5, 0.6) is 17.2 Å². The van der Waals surface area contributed by atoms with Gasteiger partial charge in [-0.2, -0.15) is 0 Å². The number of aromatic hydroxyl groups is 3. The predicted molar refractivity (Wildman–Crippen MR) is 177 cm³/mol. The number of anilines is 1. The highest BCUT2D eigenvalue weighted by atomic mass is 16.5. The molecule has 0 fully saturated rings. The van der Waals surface area contributed by atoms with Crippen molar-refractivity contribution in [2.45, 2.75) is 25.2 Å². The number of aromatic amines is 1. The number of aromatic nitrogens is 1. The minimum absolute atomic E-state index is 0.0407. The second-order valence-electron chi connectivity index (χ2n) is 11.8. The van der Waals surface area contributed by atoms with Crippen LogP contribution in [0.25, 0.3) is 28.0 Å². The number of ketones is 4. The van der Waals surface area contributed by atoms with Crippen LogP contribution in [0.2, 0.25) is 0 Å². The standard InChI is InChI=1S/C37H26N2O10/c1-3-4-5-6-18-13-20-23(16-7-9-17(10-8-16)38-15-40)19-11-12-37(29(19)33(45)24(20)36(48)39-18)34(46)27-28(35(37)47)32(44)26-25(31(27)43)21(41)14-22(49-2)30(26)42/h3-10,13-15,43-45H,11-12H2,1-2H3,(H,38,40)(H,39,48)/b4-3+,6-5+/t37-/m0/s1. The predicted octanol–water partition coefficient (Wildman–Crippen LogP) is 4.64. The molecule has 49 heavy (non-hydrogen) atoms. The summed E-state index contributed by atoms with van der Waals surface area (Å²) in [7, 11) is 1.13. The van der Waals surface area contributed by atoms with Crippen molar-refractivity contribution in [2.24, 2.45) is 0 Å². The minimum atomic E-state index is -2.22. The SMILES string of the molecule is C/C=C/C=C/c1cc2c(-c3ccc(NC=O)cc3)c3c(c(O)c2c(=O)[nH]1)[C@@]1(CC3)C(=O)c2c(O)c3c(c(O)c2C1=O)C(=O)C(OC)=CC3=O. The molecule has 12 nitrogen and oxygen atoms in total. The van der Waals surface area contributed by atoms with Gasteiger partial charge in [-0.1, -0.05) is 30.4 Å². The number of carbonyl (C=O) groups is 5. The highest BCUT2D eigenvalue weighted by Crippen LogP contribution is 2.59. The molecule has 1 atom stereocenters. The first-order valence-corrected chi connectivity index (χ1v) is 15.1. The lowest BCUT2D eigenvalue weighted by Crippen LogP contribution is -2.36. The molecule has 3 aliphatic carbocycles. The molecule has 5 N–H and O–H groups in total. The number of hydrogen-bond donors (Lipinski definition) is 5. The smallest absolute Gasteiger partial charge is 0.260 e. The van der Waals surface area contributed by atoms with Crippen LogP contribution in [-0.4, -0.2) is 57.0 Å². The van der Waals surface area contributed by atoms with E-state index in [1.54, 1.807) is 54.6 Å². The van der Waals surface area contributed by atoms with Crippen molar-refractivity contribution in [3.63, 3.8) is 0 Å². The zero-order chi connectivity index (χ0) is 34.9. The number of carbonyl (C=O) groups excluding carboxylic acids is 5. The number of benzene rings is 3. The molecule has 1 aromatic heterocycles. The molecule has 0 unspecified atom stereocenters. The largest absolute Gasteiger partial charge is 0.507 e. The van der Waals surface area contributed by atoms with Gasteiger partial charge in [0.05, 0.1) is 34.7 Å². The topological polar surface area (TPSA) is 200 Å². The van der Waals surface area contributed by atoms with Gasteiger partial charge >= 0.3 is 0 Å². The number of rotatable bonds is 6. The molecule has 3 aromatic carbocycles. The molecular formula is C37H26N2O10. The van der Waals surface area contributed by atoms with E-state index in [2.05, 4.69) is 10.3 Å². The summed E-state index contributed by atoms with van der Waals surface area (Å²) >= 11 is 0. The van der Waals surface area contributed by atoms with E-state index >= 15 is 0 Å². The van der Waals surface area contributed by atoms with Gasteiger partial charge in [0.25, 0.3) is 5.56 Å². The summed E-state index contributed by atoms with van der Waals surface area (Å²) in [6, 6.07) is 8.26. The molecule has 0 aliphatic heterocycles. The Morgan fingerprint density at radius 3 is 2.18 bits per heavy atom. The molecule has 0 radical (unpaired) electrons. The molecule has 1 amide bonds. The number of allylic oxidation sites excluding steroid dienone is 5. The lowest BCUT2D eigenvalue weighted by molar-refractivity contribution is -0.105. The van der Waals surface area contributed by atoms with Crippen LogP contribution in [0.15, 0.2) is 65.2 Å². The summed E-state index contributed by atoms with van der Waals surface area (Å²) in [6.45, 7) is 1.83. The number of phenols is 3. The van der Waals surface area contributed by atoms with Crippen molar-refractivity contribution in [2.75, 3.05) is 12.4 Å². The van der Waals surface area contributed by atoms with Gasteiger partial charge in [0, 0.05) is 28.4 Å². The molecule has 0 saturated heterocycles. The van der Waals surface area contributed by atoms with E-state index in [1.807, 2.05) is 6.92 Å². The van der Waals surface area contributed by atoms with Gasteiger partial charge in [-0.25, -0.2) is 0 Å². The number of nitrogens with one attached hydrogen (secondary N) is 2. The van der Waals surface area contributed by atoms with E-state index in [9.17, 15) is 44.1 Å². The summed E-state index contributed by atoms with van der Waals surface area (Å²) in [5.41, 5.74) is -3.55. The fraction of sp³-hybridized carbons (Fsp3) is 0.135. The Bertz CT molecular complexity index is 2400. The van der Waals surface area contributed by atoms with E-state index in [-0.39, 0.29) is 23.8 Å². The van der Waals surface area contributed by atoms with Crippen LogP contribution >= 0.6 is 0 Å². The molecule has 3 aliphatic rings. The molecule has 4 aromatic rings. The number of phenolic OH excluding ortho intramolecular Hbond substituents is 3. The number of methoxy groups -OCH3 is 1. The van der Waals surface area contributed by atoms with Crippen molar-refractivity contribution in [3.05, 3.63) is 110 Å². The fourth-order valence-electron chi connectivity index (χ4n) is 7.35. The average molecular weight is 659 g/mol. The number of Topliss-reactive ketones (excluding diaryl/α,β-unsaturated/α-hetero) is 3. The van der Waals surface area contributed by atoms with Crippen LogP contribution in [-0.2, 0) is 21.4 Å². The maximum atomic E-state index is 14.5. The van der Waals surface area contributed by atoms with E-state index in [1.165, 1.54) is 0 Å². The van der Waals surface area contributed by atoms with Gasteiger partial charge in [0.1, 0.15) is 22.7 Å². The lowest BCUT2D eigenvalue weighted by atomic mass is 9.75. The maximum absolute atomic E-state index is 14.5.